The summed E-state index contributed by atoms with van der Waals surface area (Å²) in [5.74, 6) is 1.91. The molecule has 1 aromatic heterocycles. The molecule has 0 atom stereocenters. The molecular formula is C14H25N3. The van der Waals surface area contributed by atoms with Gasteiger partial charge in [0.05, 0.1) is 6.04 Å². The predicted molar refractivity (Wildman–Crippen MR) is 70.0 cm³/mol. The molecule has 96 valence electrons. The van der Waals surface area contributed by atoms with Crippen molar-refractivity contribution >= 4 is 0 Å². The molecule has 2 rings (SSSR count). The largest absolute Gasteiger partial charge is 0.250 e. The van der Waals surface area contributed by atoms with Crippen LogP contribution in [0.2, 0.25) is 0 Å². The summed E-state index contributed by atoms with van der Waals surface area (Å²) in [6.45, 7) is 8.81. The summed E-state index contributed by atoms with van der Waals surface area (Å²) in [5.41, 5.74) is 0.0614. The van der Waals surface area contributed by atoms with E-state index in [1.54, 1.807) is 0 Å². The van der Waals surface area contributed by atoms with Crippen molar-refractivity contribution in [2.24, 2.45) is 5.92 Å². The van der Waals surface area contributed by atoms with Gasteiger partial charge in [0.2, 0.25) is 0 Å². The van der Waals surface area contributed by atoms with E-state index in [1.165, 1.54) is 32.1 Å². The van der Waals surface area contributed by atoms with Crippen LogP contribution in [0, 0.1) is 5.92 Å². The van der Waals surface area contributed by atoms with Crippen LogP contribution >= 0.6 is 0 Å². The first-order valence-corrected chi connectivity index (χ1v) is 6.92. The molecule has 0 bridgehead atoms. The summed E-state index contributed by atoms with van der Waals surface area (Å²) in [4.78, 5) is 4.45. The van der Waals surface area contributed by atoms with Gasteiger partial charge in [0.1, 0.15) is 6.33 Å². The molecule has 1 fully saturated rings. The quantitative estimate of drug-likeness (QED) is 0.782. The molecule has 3 nitrogen and oxygen atoms in total. The van der Waals surface area contributed by atoms with Crippen molar-refractivity contribution in [1.82, 2.24) is 14.8 Å². The highest BCUT2D eigenvalue weighted by Gasteiger charge is 2.24. The van der Waals surface area contributed by atoms with Gasteiger partial charge < -0.3 is 0 Å². The molecule has 0 saturated heterocycles. The molecule has 0 unspecified atom stereocenters. The minimum Gasteiger partial charge on any atom is -0.250 e. The summed E-state index contributed by atoms with van der Waals surface area (Å²) in [5, 5.41) is 4.66. The highest BCUT2D eigenvalue weighted by atomic mass is 15.3. The maximum Gasteiger partial charge on any atom is 0.155 e. The van der Waals surface area contributed by atoms with Gasteiger partial charge >= 0.3 is 0 Å². The summed E-state index contributed by atoms with van der Waals surface area (Å²) in [6, 6.07) is 0.585. The highest BCUT2D eigenvalue weighted by molar-refractivity contribution is 4.99. The van der Waals surface area contributed by atoms with Gasteiger partial charge in [0, 0.05) is 5.41 Å². The van der Waals surface area contributed by atoms with Crippen LogP contribution in [0.4, 0.5) is 0 Å². The Morgan fingerprint density at radius 1 is 1.24 bits per heavy atom. The first-order chi connectivity index (χ1) is 8.00. The number of aromatic nitrogens is 3. The van der Waals surface area contributed by atoms with Gasteiger partial charge in [-0.05, 0) is 31.6 Å². The van der Waals surface area contributed by atoms with E-state index in [2.05, 4.69) is 42.5 Å². The third-order valence-electron chi connectivity index (χ3n) is 3.95. The molecule has 0 radical (unpaired) electrons. The fourth-order valence-electron chi connectivity index (χ4n) is 2.61. The molecule has 3 heteroatoms. The Labute approximate surface area is 105 Å². The molecule has 1 saturated carbocycles. The van der Waals surface area contributed by atoms with Crippen LogP contribution < -0.4 is 0 Å². The Balaban J connectivity index is 2.02. The van der Waals surface area contributed by atoms with Crippen LogP contribution in [0.5, 0.6) is 0 Å². The number of hydrogen-bond donors (Lipinski definition) is 0. The van der Waals surface area contributed by atoms with E-state index in [-0.39, 0.29) is 5.41 Å². The van der Waals surface area contributed by atoms with Crippen molar-refractivity contribution < 1.29 is 0 Å². The lowest BCUT2D eigenvalue weighted by atomic mass is 9.85. The Morgan fingerprint density at radius 2 is 1.88 bits per heavy atom. The van der Waals surface area contributed by atoms with Gasteiger partial charge in [-0.2, -0.15) is 5.10 Å². The van der Waals surface area contributed by atoms with E-state index >= 15 is 0 Å². The van der Waals surface area contributed by atoms with Gasteiger partial charge in [-0.3, -0.25) is 0 Å². The lowest BCUT2D eigenvalue weighted by molar-refractivity contribution is 0.254. The molecule has 17 heavy (non-hydrogen) atoms. The fraction of sp³-hybridized carbons (Fsp3) is 0.857. The van der Waals surface area contributed by atoms with Gasteiger partial charge in [-0.1, -0.05) is 34.1 Å². The zero-order valence-corrected chi connectivity index (χ0v) is 11.6. The maximum atomic E-state index is 4.66. The zero-order chi connectivity index (χ0) is 12.5. The average molecular weight is 235 g/mol. The van der Waals surface area contributed by atoms with Crippen LogP contribution in [-0.2, 0) is 5.41 Å². The molecule has 1 aliphatic rings. The van der Waals surface area contributed by atoms with E-state index in [4.69, 9.17) is 0 Å². The maximum absolute atomic E-state index is 4.66. The van der Waals surface area contributed by atoms with Crippen molar-refractivity contribution in [3.05, 3.63) is 12.2 Å². The topological polar surface area (TPSA) is 30.7 Å². The van der Waals surface area contributed by atoms with Crippen LogP contribution in [0.3, 0.4) is 0 Å². The van der Waals surface area contributed by atoms with Gasteiger partial charge in [-0.25, -0.2) is 9.67 Å². The van der Waals surface area contributed by atoms with E-state index in [0.29, 0.717) is 6.04 Å². The number of hydrogen-bond acceptors (Lipinski definition) is 2. The summed E-state index contributed by atoms with van der Waals surface area (Å²) in [6.07, 6.45) is 8.50. The van der Waals surface area contributed by atoms with Crippen molar-refractivity contribution in [2.45, 2.75) is 71.3 Å². The monoisotopic (exact) mass is 235 g/mol. The van der Waals surface area contributed by atoms with Gasteiger partial charge in [0.25, 0.3) is 0 Å². The van der Waals surface area contributed by atoms with Crippen LogP contribution in [-0.4, -0.2) is 14.8 Å². The van der Waals surface area contributed by atoms with Crippen molar-refractivity contribution in [2.75, 3.05) is 0 Å². The predicted octanol–water partition coefficient (Wildman–Crippen LogP) is 3.72. The van der Waals surface area contributed by atoms with Crippen LogP contribution in [0.25, 0.3) is 0 Å². The first-order valence-electron chi connectivity index (χ1n) is 6.92. The van der Waals surface area contributed by atoms with Crippen LogP contribution in [0.15, 0.2) is 6.33 Å². The van der Waals surface area contributed by atoms with Crippen molar-refractivity contribution in [3.8, 4) is 0 Å². The van der Waals surface area contributed by atoms with E-state index in [1.807, 2.05) is 6.33 Å². The Kier molecular flexibility index (Phi) is 3.55. The second-order valence-corrected chi connectivity index (χ2v) is 6.38. The Hall–Kier alpha value is -0.860. The molecule has 0 aliphatic heterocycles. The zero-order valence-electron chi connectivity index (χ0n) is 11.6. The van der Waals surface area contributed by atoms with Crippen molar-refractivity contribution in [1.29, 1.82) is 0 Å². The van der Waals surface area contributed by atoms with E-state index < -0.39 is 0 Å². The second-order valence-electron chi connectivity index (χ2n) is 6.38. The molecule has 1 aromatic rings. The summed E-state index contributed by atoms with van der Waals surface area (Å²) < 4.78 is 2.10. The molecular weight excluding hydrogens is 210 g/mol. The molecule has 0 spiro atoms. The summed E-state index contributed by atoms with van der Waals surface area (Å²) >= 11 is 0. The van der Waals surface area contributed by atoms with E-state index in [0.717, 1.165) is 11.7 Å². The first kappa shape index (κ1) is 12.6. The molecule has 0 N–H and O–H groups in total. The minimum absolute atomic E-state index is 0.0614. The molecule has 0 amide bonds. The highest BCUT2D eigenvalue weighted by Crippen LogP contribution is 2.33. The smallest absolute Gasteiger partial charge is 0.155 e. The lowest BCUT2D eigenvalue weighted by Crippen LogP contribution is -2.19. The van der Waals surface area contributed by atoms with E-state index in [9.17, 15) is 0 Å². The van der Waals surface area contributed by atoms with Crippen LogP contribution in [0.1, 0.15) is 71.7 Å². The SMILES string of the molecule is CC[C@H]1CC[C@H](n2cnc(C(C)(C)C)n2)CC1. The second kappa shape index (κ2) is 4.79. The average Bonchev–Trinajstić information content (AvgIpc) is 2.78. The molecule has 1 heterocycles. The number of nitrogens with zero attached hydrogens (tertiary/aromatic N) is 3. The normalized spacial score (nSPS) is 26.1. The molecule has 1 aliphatic carbocycles. The summed E-state index contributed by atoms with van der Waals surface area (Å²) in [7, 11) is 0. The van der Waals surface area contributed by atoms with Gasteiger partial charge in [-0.15, -0.1) is 0 Å². The molecule has 0 aromatic carbocycles. The lowest BCUT2D eigenvalue weighted by Gasteiger charge is -2.27. The number of rotatable bonds is 2. The van der Waals surface area contributed by atoms with Crippen molar-refractivity contribution in [3.63, 3.8) is 0 Å². The fourth-order valence-corrected chi connectivity index (χ4v) is 2.61. The standard InChI is InChI=1S/C14H25N3/c1-5-11-6-8-12(9-7-11)17-10-15-13(16-17)14(2,3)4/h10-12H,5-9H2,1-4H3/t11-,12-. The third kappa shape index (κ3) is 2.88. The Bertz CT molecular complexity index is 354. The van der Waals surface area contributed by atoms with Gasteiger partial charge in [0.15, 0.2) is 5.82 Å². The third-order valence-corrected chi connectivity index (χ3v) is 3.95. The minimum atomic E-state index is 0.0614. The Morgan fingerprint density at radius 3 is 2.35 bits per heavy atom.